The van der Waals surface area contributed by atoms with Gasteiger partial charge in [0.1, 0.15) is 5.92 Å². The molecule has 0 radical (unpaired) electrons. The third-order valence-electron chi connectivity index (χ3n) is 1.71. The van der Waals surface area contributed by atoms with Gasteiger partial charge in [-0.15, -0.1) is 11.3 Å². The third kappa shape index (κ3) is 2.15. The van der Waals surface area contributed by atoms with Gasteiger partial charge in [-0.05, 0) is 18.4 Å². The van der Waals surface area contributed by atoms with Crippen LogP contribution >= 0.6 is 11.3 Å². The molecule has 0 N–H and O–H groups in total. The van der Waals surface area contributed by atoms with E-state index in [1.165, 1.54) is 18.4 Å². The maximum absolute atomic E-state index is 11.5. The maximum atomic E-state index is 11.5. The molecule has 1 unspecified atom stereocenters. The molecule has 0 aliphatic rings. The van der Waals surface area contributed by atoms with Crippen molar-refractivity contribution < 1.29 is 14.3 Å². The van der Waals surface area contributed by atoms with Gasteiger partial charge in [-0.25, -0.2) is 0 Å². The summed E-state index contributed by atoms with van der Waals surface area (Å²) in [6.45, 7) is 1.55. The Balaban J connectivity index is 2.74. The molecule has 0 fully saturated rings. The molecule has 1 atom stereocenters. The summed E-state index contributed by atoms with van der Waals surface area (Å²) in [7, 11) is 1.28. The van der Waals surface area contributed by atoms with Crippen LogP contribution in [-0.4, -0.2) is 18.9 Å². The summed E-state index contributed by atoms with van der Waals surface area (Å²) < 4.78 is 4.48. The minimum atomic E-state index is -0.705. The Bertz CT molecular complexity index is 303. The number of carbonyl (C=O) groups is 2. The van der Waals surface area contributed by atoms with Gasteiger partial charge in [0.05, 0.1) is 12.0 Å². The molecule has 0 aromatic carbocycles. The van der Waals surface area contributed by atoms with Crippen LogP contribution in [0.15, 0.2) is 17.5 Å². The number of thiophene rings is 1. The van der Waals surface area contributed by atoms with E-state index in [0.29, 0.717) is 4.88 Å². The van der Waals surface area contributed by atoms with Gasteiger partial charge in [-0.3, -0.25) is 9.59 Å². The Hall–Kier alpha value is -1.16. The number of ether oxygens (including phenoxy) is 1. The summed E-state index contributed by atoms with van der Waals surface area (Å²) in [5.41, 5.74) is 0. The molecular formula is C9H10O3S. The number of carbonyl (C=O) groups excluding carboxylic acids is 2. The predicted octanol–water partition coefficient (Wildman–Crippen LogP) is 1.74. The van der Waals surface area contributed by atoms with Gasteiger partial charge in [0, 0.05) is 0 Å². The van der Waals surface area contributed by atoms with Gasteiger partial charge < -0.3 is 4.74 Å². The lowest BCUT2D eigenvalue weighted by Gasteiger charge is -2.05. The number of hydrogen-bond donors (Lipinski definition) is 0. The highest BCUT2D eigenvalue weighted by molar-refractivity contribution is 7.12. The van der Waals surface area contributed by atoms with Crippen molar-refractivity contribution in [3.8, 4) is 0 Å². The van der Waals surface area contributed by atoms with E-state index in [4.69, 9.17) is 0 Å². The van der Waals surface area contributed by atoms with E-state index in [9.17, 15) is 9.59 Å². The monoisotopic (exact) mass is 198 g/mol. The molecule has 0 amide bonds. The van der Waals surface area contributed by atoms with Gasteiger partial charge in [-0.2, -0.15) is 0 Å². The Kier molecular flexibility index (Phi) is 3.19. The van der Waals surface area contributed by atoms with Crippen LogP contribution in [0.5, 0.6) is 0 Å². The van der Waals surface area contributed by atoms with Crippen molar-refractivity contribution >= 4 is 23.1 Å². The molecule has 0 spiro atoms. The molecule has 0 aliphatic heterocycles. The molecule has 1 aromatic rings. The number of rotatable bonds is 3. The average molecular weight is 198 g/mol. The summed E-state index contributed by atoms with van der Waals surface area (Å²) in [6, 6.07) is 3.48. The third-order valence-corrected chi connectivity index (χ3v) is 2.60. The van der Waals surface area contributed by atoms with Gasteiger partial charge >= 0.3 is 5.97 Å². The number of Topliss-reactive ketones (excluding diaryl/α,β-unsaturated/α-hetero) is 1. The topological polar surface area (TPSA) is 43.4 Å². The van der Waals surface area contributed by atoms with Crippen molar-refractivity contribution in [3.63, 3.8) is 0 Å². The van der Waals surface area contributed by atoms with Crippen molar-refractivity contribution in [1.29, 1.82) is 0 Å². The molecule has 4 heteroatoms. The van der Waals surface area contributed by atoms with Crippen LogP contribution in [0, 0.1) is 5.92 Å². The van der Waals surface area contributed by atoms with Crippen molar-refractivity contribution in [2.75, 3.05) is 7.11 Å². The molecule has 70 valence electrons. The zero-order valence-electron chi connectivity index (χ0n) is 7.44. The fraction of sp³-hybridized carbons (Fsp3) is 0.333. The minimum absolute atomic E-state index is 0.179. The first-order valence-corrected chi connectivity index (χ1v) is 4.70. The Morgan fingerprint density at radius 3 is 2.69 bits per heavy atom. The second kappa shape index (κ2) is 4.18. The maximum Gasteiger partial charge on any atom is 0.316 e. The van der Waals surface area contributed by atoms with Gasteiger partial charge in [0.2, 0.25) is 0 Å². The fourth-order valence-electron chi connectivity index (χ4n) is 0.916. The SMILES string of the molecule is COC(=O)C(C)C(=O)c1cccs1. The van der Waals surface area contributed by atoms with E-state index >= 15 is 0 Å². The first-order valence-electron chi connectivity index (χ1n) is 3.82. The van der Waals surface area contributed by atoms with Crippen LogP contribution in [-0.2, 0) is 9.53 Å². The van der Waals surface area contributed by atoms with Gasteiger partial charge in [-0.1, -0.05) is 6.07 Å². The summed E-state index contributed by atoms with van der Waals surface area (Å²) in [5.74, 6) is -1.37. The normalized spacial score (nSPS) is 12.2. The van der Waals surface area contributed by atoms with E-state index in [2.05, 4.69) is 4.74 Å². The molecule has 3 nitrogen and oxygen atoms in total. The highest BCUT2D eigenvalue weighted by Crippen LogP contribution is 2.15. The van der Waals surface area contributed by atoms with Crippen LogP contribution in [0.25, 0.3) is 0 Å². The van der Waals surface area contributed by atoms with E-state index in [1.807, 2.05) is 0 Å². The predicted molar refractivity (Wildman–Crippen MR) is 49.8 cm³/mol. The first-order chi connectivity index (χ1) is 6.16. The van der Waals surface area contributed by atoms with Crippen LogP contribution in [0.1, 0.15) is 16.6 Å². The Morgan fingerprint density at radius 1 is 1.54 bits per heavy atom. The lowest BCUT2D eigenvalue weighted by atomic mass is 10.1. The minimum Gasteiger partial charge on any atom is -0.468 e. The van der Waals surface area contributed by atoms with E-state index in [0.717, 1.165) is 0 Å². The van der Waals surface area contributed by atoms with Crippen LogP contribution in [0.3, 0.4) is 0 Å². The number of esters is 1. The smallest absolute Gasteiger partial charge is 0.316 e. The summed E-state index contributed by atoms with van der Waals surface area (Å²) >= 11 is 1.33. The van der Waals surface area contributed by atoms with Gasteiger partial charge in [0.15, 0.2) is 5.78 Å². The quantitative estimate of drug-likeness (QED) is 0.422. The highest BCUT2D eigenvalue weighted by atomic mass is 32.1. The molecule has 0 saturated carbocycles. The van der Waals surface area contributed by atoms with Crippen LogP contribution in [0.4, 0.5) is 0 Å². The zero-order chi connectivity index (χ0) is 9.84. The molecule has 0 aliphatic carbocycles. The second-order valence-electron chi connectivity index (χ2n) is 2.59. The lowest BCUT2D eigenvalue weighted by molar-refractivity contribution is -0.143. The zero-order valence-corrected chi connectivity index (χ0v) is 8.26. The highest BCUT2D eigenvalue weighted by Gasteiger charge is 2.23. The summed E-state index contributed by atoms with van der Waals surface area (Å²) in [4.78, 5) is 23.1. The van der Waals surface area contributed by atoms with E-state index in [1.54, 1.807) is 24.4 Å². The van der Waals surface area contributed by atoms with Crippen molar-refractivity contribution in [2.24, 2.45) is 5.92 Å². The molecule has 1 rings (SSSR count). The molecule has 0 bridgehead atoms. The molecular weight excluding hydrogens is 188 g/mol. The fourth-order valence-corrected chi connectivity index (χ4v) is 1.67. The summed E-state index contributed by atoms with van der Waals surface area (Å²) in [6.07, 6.45) is 0. The summed E-state index contributed by atoms with van der Waals surface area (Å²) in [5, 5.41) is 1.80. The molecule has 0 saturated heterocycles. The second-order valence-corrected chi connectivity index (χ2v) is 3.53. The van der Waals surface area contributed by atoms with Crippen molar-refractivity contribution in [3.05, 3.63) is 22.4 Å². The van der Waals surface area contributed by atoms with Crippen LogP contribution < -0.4 is 0 Å². The van der Waals surface area contributed by atoms with E-state index in [-0.39, 0.29) is 5.78 Å². The standard InChI is InChI=1S/C9H10O3S/c1-6(9(11)12-2)8(10)7-4-3-5-13-7/h3-6H,1-2H3. The van der Waals surface area contributed by atoms with Crippen molar-refractivity contribution in [1.82, 2.24) is 0 Å². The van der Waals surface area contributed by atoms with E-state index < -0.39 is 11.9 Å². The number of ketones is 1. The number of hydrogen-bond acceptors (Lipinski definition) is 4. The largest absolute Gasteiger partial charge is 0.468 e. The average Bonchev–Trinajstić information content (AvgIpc) is 2.67. The van der Waals surface area contributed by atoms with Crippen LogP contribution in [0.2, 0.25) is 0 Å². The molecule has 1 heterocycles. The molecule has 1 aromatic heterocycles. The van der Waals surface area contributed by atoms with Gasteiger partial charge in [0.25, 0.3) is 0 Å². The Morgan fingerprint density at radius 2 is 2.23 bits per heavy atom. The number of methoxy groups -OCH3 is 1. The lowest BCUT2D eigenvalue weighted by Crippen LogP contribution is -2.21. The first kappa shape index (κ1) is 9.92. The van der Waals surface area contributed by atoms with Crippen molar-refractivity contribution in [2.45, 2.75) is 6.92 Å². The Labute approximate surface area is 80.3 Å². The molecule has 13 heavy (non-hydrogen) atoms.